The van der Waals surface area contributed by atoms with Crippen LogP contribution < -0.4 is 4.72 Å². The van der Waals surface area contributed by atoms with Crippen LogP contribution in [-0.4, -0.2) is 54.8 Å². The lowest BCUT2D eigenvalue weighted by molar-refractivity contribution is 0.0318. The lowest BCUT2D eigenvalue weighted by Gasteiger charge is -2.14. The van der Waals surface area contributed by atoms with E-state index in [1.165, 1.54) is 12.1 Å². The van der Waals surface area contributed by atoms with Gasteiger partial charge in [-0.25, -0.2) is 18.0 Å². The standard InChI is InChI=1S/C16H13Cl3N2O7S2/c17-11-12(14(19)29-13(11)18)30(26,27)20-7-1-2-9(10(22)5-7)15(23)28-8-3-4-21(6-8)16(24)25/h1-2,5,8,20,22H,3-4,6H2,(H,24,25). The van der Waals surface area contributed by atoms with E-state index in [9.17, 15) is 23.1 Å². The van der Waals surface area contributed by atoms with Crippen LogP contribution in [0.4, 0.5) is 10.5 Å². The number of esters is 1. The summed E-state index contributed by atoms with van der Waals surface area (Å²) in [6.07, 6.45) is -1.42. The Balaban J connectivity index is 1.74. The second kappa shape index (κ2) is 8.67. The number of thiophene rings is 1. The number of phenols is 1. The average molecular weight is 516 g/mol. The van der Waals surface area contributed by atoms with Crippen LogP contribution in [0.3, 0.4) is 0 Å². The molecular formula is C16H13Cl3N2O7S2. The molecule has 1 unspecified atom stereocenters. The van der Waals surface area contributed by atoms with Crippen LogP contribution in [0.25, 0.3) is 0 Å². The number of aromatic hydroxyl groups is 1. The number of benzene rings is 1. The number of carbonyl (C=O) groups excluding carboxylic acids is 1. The van der Waals surface area contributed by atoms with Crippen molar-refractivity contribution in [2.75, 3.05) is 17.8 Å². The Morgan fingerprint density at radius 3 is 2.47 bits per heavy atom. The topological polar surface area (TPSA) is 133 Å². The Morgan fingerprint density at radius 2 is 1.93 bits per heavy atom. The fourth-order valence-electron chi connectivity index (χ4n) is 2.76. The van der Waals surface area contributed by atoms with Gasteiger partial charge in [-0.3, -0.25) is 4.72 Å². The van der Waals surface area contributed by atoms with Gasteiger partial charge in [0, 0.05) is 19.0 Å². The van der Waals surface area contributed by atoms with Gasteiger partial charge >= 0.3 is 12.1 Å². The second-order valence-corrected chi connectivity index (χ2v) is 10.4. The molecule has 1 atom stereocenters. The number of nitrogens with one attached hydrogen (secondary N) is 1. The third kappa shape index (κ3) is 4.70. The molecule has 0 aliphatic carbocycles. The third-order valence-electron chi connectivity index (χ3n) is 4.16. The largest absolute Gasteiger partial charge is 0.507 e. The van der Waals surface area contributed by atoms with Gasteiger partial charge in [0.2, 0.25) is 0 Å². The van der Waals surface area contributed by atoms with Crippen molar-refractivity contribution in [2.45, 2.75) is 17.4 Å². The molecule has 1 aromatic carbocycles. The minimum Gasteiger partial charge on any atom is -0.507 e. The summed E-state index contributed by atoms with van der Waals surface area (Å²) in [6.45, 7) is 0.266. The molecule has 0 radical (unpaired) electrons. The van der Waals surface area contributed by atoms with Crippen molar-refractivity contribution < 1.29 is 33.0 Å². The molecular weight excluding hydrogens is 503 g/mol. The summed E-state index contributed by atoms with van der Waals surface area (Å²) in [5, 5.41) is 18.9. The Morgan fingerprint density at radius 1 is 1.23 bits per heavy atom. The molecule has 14 heteroatoms. The number of sulfonamides is 1. The molecule has 1 amide bonds. The molecule has 1 fully saturated rings. The van der Waals surface area contributed by atoms with Crippen LogP contribution in [0.15, 0.2) is 23.1 Å². The summed E-state index contributed by atoms with van der Waals surface area (Å²) in [5.74, 6) is -1.40. The highest BCUT2D eigenvalue weighted by Gasteiger charge is 2.30. The van der Waals surface area contributed by atoms with Crippen molar-refractivity contribution in [1.29, 1.82) is 0 Å². The molecule has 1 aliphatic rings. The minimum atomic E-state index is -4.21. The first-order valence-electron chi connectivity index (χ1n) is 8.17. The minimum absolute atomic E-state index is 0.0105. The van der Waals surface area contributed by atoms with Gasteiger partial charge in [0.15, 0.2) is 0 Å². The highest BCUT2D eigenvalue weighted by molar-refractivity contribution is 7.93. The van der Waals surface area contributed by atoms with Crippen LogP contribution >= 0.6 is 46.1 Å². The second-order valence-electron chi connectivity index (χ2n) is 6.17. The lowest BCUT2D eigenvalue weighted by Crippen LogP contribution is -2.29. The van der Waals surface area contributed by atoms with Crippen LogP contribution in [0.1, 0.15) is 16.8 Å². The maximum absolute atomic E-state index is 12.5. The van der Waals surface area contributed by atoms with E-state index in [-0.39, 0.29) is 38.0 Å². The van der Waals surface area contributed by atoms with Crippen LogP contribution in [-0.2, 0) is 14.8 Å². The monoisotopic (exact) mass is 514 g/mol. The summed E-state index contributed by atoms with van der Waals surface area (Å²) in [5.41, 5.74) is -0.266. The van der Waals surface area contributed by atoms with Gasteiger partial charge in [0.1, 0.15) is 31.0 Å². The molecule has 0 bridgehead atoms. The Kier molecular flexibility index (Phi) is 6.58. The van der Waals surface area contributed by atoms with Crippen LogP contribution in [0.2, 0.25) is 13.7 Å². The molecule has 30 heavy (non-hydrogen) atoms. The Hall–Kier alpha value is -1.92. The predicted molar refractivity (Wildman–Crippen MR) is 112 cm³/mol. The zero-order chi connectivity index (χ0) is 22.2. The number of rotatable bonds is 5. The molecule has 0 saturated carbocycles. The molecule has 3 N–H and O–H groups in total. The van der Waals surface area contributed by atoms with Crippen molar-refractivity contribution >= 4 is 73.9 Å². The normalized spacial score (nSPS) is 16.5. The van der Waals surface area contributed by atoms with Crippen molar-refractivity contribution in [3.05, 3.63) is 37.5 Å². The average Bonchev–Trinajstić information content (AvgIpc) is 3.19. The summed E-state index contributed by atoms with van der Waals surface area (Å²) in [4.78, 5) is 23.9. The molecule has 1 aliphatic heterocycles. The highest BCUT2D eigenvalue weighted by atomic mass is 35.5. The molecule has 0 spiro atoms. The molecule has 1 aromatic heterocycles. The number of likely N-dealkylation sites (tertiary alicyclic amines) is 1. The molecule has 9 nitrogen and oxygen atoms in total. The molecule has 2 heterocycles. The van der Waals surface area contributed by atoms with Gasteiger partial charge in [-0.1, -0.05) is 34.8 Å². The predicted octanol–water partition coefficient (Wildman–Crippen LogP) is 4.12. The third-order valence-corrected chi connectivity index (χ3v) is 8.16. The van der Waals surface area contributed by atoms with Gasteiger partial charge in [0.25, 0.3) is 10.0 Å². The Labute approximate surface area is 189 Å². The number of carboxylic acid groups (broad SMARTS) is 1. The first-order chi connectivity index (χ1) is 14.0. The number of halogens is 3. The van der Waals surface area contributed by atoms with E-state index >= 15 is 0 Å². The zero-order valence-electron chi connectivity index (χ0n) is 14.8. The first kappa shape index (κ1) is 22.8. The maximum atomic E-state index is 12.5. The molecule has 162 valence electrons. The first-order valence-corrected chi connectivity index (χ1v) is 11.6. The van der Waals surface area contributed by atoms with E-state index in [1.54, 1.807) is 0 Å². The van der Waals surface area contributed by atoms with Crippen molar-refractivity contribution in [2.24, 2.45) is 0 Å². The summed E-state index contributed by atoms with van der Waals surface area (Å²) in [7, 11) is -4.21. The quantitative estimate of drug-likeness (QED) is 0.510. The van der Waals surface area contributed by atoms with E-state index in [0.717, 1.165) is 22.3 Å². The number of nitrogens with zero attached hydrogens (tertiary/aromatic N) is 1. The van der Waals surface area contributed by atoms with Crippen molar-refractivity contribution in [1.82, 2.24) is 4.90 Å². The molecule has 3 rings (SSSR count). The fourth-order valence-corrected chi connectivity index (χ4v) is 6.66. The number of hydrogen-bond acceptors (Lipinski definition) is 7. The summed E-state index contributed by atoms with van der Waals surface area (Å²) in [6, 6.07) is 3.42. The highest BCUT2D eigenvalue weighted by Crippen LogP contribution is 2.43. The van der Waals surface area contributed by atoms with Gasteiger partial charge in [-0.05, 0) is 12.1 Å². The van der Waals surface area contributed by atoms with E-state index < -0.39 is 38.8 Å². The van der Waals surface area contributed by atoms with Crippen LogP contribution in [0.5, 0.6) is 5.75 Å². The molecule has 2 aromatic rings. The van der Waals surface area contributed by atoms with Gasteiger partial charge < -0.3 is 19.8 Å². The van der Waals surface area contributed by atoms with Crippen LogP contribution in [0, 0.1) is 0 Å². The SMILES string of the molecule is O=C(OC1CCN(C(=O)O)C1)c1ccc(NS(=O)(=O)c2c(Cl)sc(Cl)c2Cl)cc1O. The number of phenolic OH excluding ortho intramolecular Hbond substituents is 1. The molecule has 1 saturated heterocycles. The van der Waals surface area contributed by atoms with E-state index in [0.29, 0.717) is 6.42 Å². The van der Waals surface area contributed by atoms with E-state index in [2.05, 4.69) is 4.72 Å². The van der Waals surface area contributed by atoms with E-state index in [4.69, 9.17) is 44.6 Å². The summed E-state index contributed by atoms with van der Waals surface area (Å²) < 4.78 is 32.4. The summed E-state index contributed by atoms with van der Waals surface area (Å²) >= 11 is 18.4. The van der Waals surface area contributed by atoms with Gasteiger partial charge in [-0.2, -0.15) is 0 Å². The Bertz CT molecular complexity index is 1120. The zero-order valence-corrected chi connectivity index (χ0v) is 18.7. The smallest absolute Gasteiger partial charge is 0.407 e. The van der Waals surface area contributed by atoms with Crippen molar-refractivity contribution in [3.63, 3.8) is 0 Å². The number of ether oxygens (including phenoxy) is 1. The van der Waals surface area contributed by atoms with Crippen molar-refractivity contribution in [3.8, 4) is 5.75 Å². The lowest BCUT2D eigenvalue weighted by atomic mass is 10.2. The fraction of sp³-hybridized carbons (Fsp3) is 0.250. The number of hydrogen-bond donors (Lipinski definition) is 3. The van der Waals surface area contributed by atoms with Gasteiger partial charge in [0.05, 0.1) is 17.3 Å². The number of anilines is 1. The van der Waals surface area contributed by atoms with E-state index in [1.807, 2.05) is 0 Å². The maximum Gasteiger partial charge on any atom is 0.407 e. The van der Waals surface area contributed by atoms with Gasteiger partial charge in [-0.15, -0.1) is 11.3 Å². The number of amides is 1. The number of carbonyl (C=O) groups is 2.